The Balaban J connectivity index is 2.03. The summed E-state index contributed by atoms with van der Waals surface area (Å²) in [6, 6.07) is 9.96. The number of rotatable bonds is 5. The molecule has 0 radical (unpaired) electrons. The van der Waals surface area contributed by atoms with Gasteiger partial charge < -0.3 is 10.2 Å². The van der Waals surface area contributed by atoms with Crippen LogP contribution in [-0.2, 0) is 0 Å². The Morgan fingerprint density at radius 2 is 1.84 bits per heavy atom. The molecule has 1 saturated heterocycles. The third-order valence-corrected chi connectivity index (χ3v) is 4.86. The van der Waals surface area contributed by atoms with Crippen LogP contribution in [0.5, 0.6) is 0 Å². The van der Waals surface area contributed by atoms with E-state index in [9.17, 15) is 4.79 Å². The molecule has 1 amide bonds. The molecule has 5 nitrogen and oxygen atoms in total. The first-order valence-electron chi connectivity index (χ1n) is 9.17. The highest BCUT2D eigenvalue weighted by Crippen LogP contribution is 2.29. The largest absolute Gasteiger partial charge is 0.339 e. The predicted molar refractivity (Wildman–Crippen MR) is 99.6 cm³/mol. The summed E-state index contributed by atoms with van der Waals surface area (Å²) in [5.74, 6) is 1.05. The summed E-state index contributed by atoms with van der Waals surface area (Å²) < 4.78 is 0. The van der Waals surface area contributed by atoms with Crippen LogP contribution >= 0.6 is 0 Å². The van der Waals surface area contributed by atoms with Gasteiger partial charge in [-0.1, -0.05) is 30.3 Å². The molecule has 2 aromatic rings. The lowest BCUT2D eigenvalue weighted by Gasteiger charge is -2.26. The molecule has 2 heterocycles. The number of piperidine rings is 1. The fourth-order valence-corrected chi connectivity index (χ4v) is 3.37. The average Bonchev–Trinajstić information content (AvgIpc) is 2.69. The molecular formula is C20H26N4O. The van der Waals surface area contributed by atoms with Crippen LogP contribution in [0, 0.1) is 0 Å². The van der Waals surface area contributed by atoms with E-state index in [0.29, 0.717) is 30.4 Å². The zero-order valence-electron chi connectivity index (χ0n) is 15.0. The van der Waals surface area contributed by atoms with E-state index in [4.69, 9.17) is 4.98 Å². The van der Waals surface area contributed by atoms with Gasteiger partial charge in [-0.3, -0.25) is 4.79 Å². The quantitative estimate of drug-likeness (QED) is 0.910. The van der Waals surface area contributed by atoms with Gasteiger partial charge in [0.15, 0.2) is 5.82 Å². The van der Waals surface area contributed by atoms with Gasteiger partial charge in [0.25, 0.3) is 5.91 Å². The summed E-state index contributed by atoms with van der Waals surface area (Å²) in [7, 11) is 0. The van der Waals surface area contributed by atoms with Crippen LogP contribution in [0.2, 0.25) is 0 Å². The van der Waals surface area contributed by atoms with Crippen molar-refractivity contribution in [2.45, 2.75) is 32.6 Å². The van der Waals surface area contributed by atoms with Gasteiger partial charge in [-0.25, -0.2) is 9.97 Å². The minimum atomic E-state index is 0.0399. The van der Waals surface area contributed by atoms with E-state index < -0.39 is 0 Å². The summed E-state index contributed by atoms with van der Waals surface area (Å²) in [4.78, 5) is 24.1. The number of carbonyl (C=O) groups excluding carboxylic acids is 1. The Hall–Kier alpha value is -2.27. The van der Waals surface area contributed by atoms with Crippen molar-refractivity contribution in [1.82, 2.24) is 20.2 Å². The predicted octanol–water partition coefficient (Wildman–Crippen LogP) is 3.09. The minimum Gasteiger partial charge on any atom is -0.339 e. The van der Waals surface area contributed by atoms with Crippen LogP contribution in [0.1, 0.15) is 48.7 Å². The second-order valence-corrected chi connectivity index (χ2v) is 6.36. The lowest BCUT2D eigenvalue weighted by Crippen LogP contribution is -2.33. The van der Waals surface area contributed by atoms with Gasteiger partial charge >= 0.3 is 0 Å². The number of nitrogens with one attached hydrogen (secondary N) is 1. The molecule has 0 unspecified atom stereocenters. The average molecular weight is 338 g/mol. The van der Waals surface area contributed by atoms with Crippen molar-refractivity contribution in [2.75, 3.05) is 26.2 Å². The second-order valence-electron chi connectivity index (χ2n) is 6.36. The van der Waals surface area contributed by atoms with Gasteiger partial charge in [-0.2, -0.15) is 0 Å². The summed E-state index contributed by atoms with van der Waals surface area (Å²) >= 11 is 0. The molecular weight excluding hydrogens is 312 g/mol. The van der Waals surface area contributed by atoms with E-state index in [1.165, 1.54) is 0 Å². The topological polar surface area (TPSA) is 58.1 Å². The summed E-state index contributed by atoms with van der Waals surface area (Å²) in [5, 5.41) is 3.39. The van der Waals surface area contributed by atoms with Gasteiger partial charge in [0, 0.05) is 30.8 Å². The van der Waals surface area contributed by atoms with E-state index in [1.54, 1.807) is 6.20 Å². The molecule has 1 aromatic heterocycles. The van der Waals surface area contributed by atoms with Crippen LogP contribution in [0.3, 0.4) is 0 Å². The lowest BCUT2D eigenvalue weighted by molar-refractivity contribution is 0.0770. The standard InChI is InChI=1S/C20H26N4O/c1-3-24(4-2)20(25)17-14-22-19(16-8-6-5-7-9-16)23-18(17)15-10-12-21-13-11-15/h5-9,14-15,21H,3-4,10-13H2,1-2H3. The maximum absolute atomic E-state index is 12.9. The van der Waals surface area contributed by atoms with Crippen LogP contribution < -0.4 is 5.32 Å². The molecule has 1 fully saturated rings. The molecule has 1 N–H and O–H groups in total. The van der Waals surface area contributed by atoms with Gasteiger partial charge in [0.1, 0.15) is 0 Å². The Kier molecular flexibility index (Phi) is 5.76. The monoisotopic (exact) mass is 338 g/mol. The van der Waals surface area contributed by atoms with Crippen molar-refractivity contribution in [3.05, 3.63) is 47.8 Å². The molecule has 0 spiro atoms. The second kappa shape index (κ2) is 8.21. The molecule has 132 valence electrons. The van der Waals surface area contributed by atoms with Crippen molar-refractivity contribution < 1.29 is 4.79 Å². The third kappa shape index (κ3) is 3.87. The van der Waals surface area contributed by atoms with E-state index in [1.807, 2.05) is 49.1 Å². The molecule has 1 aliphatic heterocycles. The maximum atomic E-state index is 12.9. The van der Waals surface area contributed by atoms with Crippen LogP contribution in [0.4, 0.5) is 0 Å². The third-order valence-electron chi connectivity index (χ3n) is 4.86. The molecule has 0 bridgehead atoms. The Morgan fingerprint density at radius 1 is 1.16 bits per heavy atom. The van der Waals surface area contributed by atoms with Gasteiger partial charge in [-0.05, 0) is 39.8 Å². The van der Waals surface area contributed by atoms with Gasteiger partial charge in [0.2, 0.25) is 0 Å². The number of benzene rings is 1. The highest BCUT2D eigenvalue weighted by molar-refractivity contribution is 5.95. The molecule has 0 atom stereocenters. The van der Waals surface area contributed by atoms with Crippen molar-refractivity contribution in [3.8, 4) is 11.4 Å². The molecule has 25 heavy (non-hydrogen) atoms. The lowest BCUT2D eigenvalue weighted by atomic mass is 9.91. The van der Waals surface area contributed by atoms with E-state index >= 15 is 0 Å². The first kappa shape index (κ1) is 17.5. The number of carbonyl (C=O) groups is 1. The van der Waals surface area contributed by atoms with Crippen LogP contribution in [0.15, 0.2) is 36.5 Å². The maximum Gasteiger partial charge on any atom is 0.257 e. The first-order chi connectivity index (χ1) is 12.2. The normalized spacial score (nSPS) is 15.1. The molecule has 5 heteroatoms. The molecule has 0 aliphatic carbocycles. The van der Waals surface area contributed by atoms with E-state index in [0.717, 1.165) is 37.2 Å². The van der Waals surface area contributed by atoms with Crippen molar-refractivity contribution >= 4 is 5.91 Å². The highest BCUT2D eigenvalue weighted by atomic mass is 16.2. The summed E-state index contributed by atoms with van der Waals surface area (Å²) in [6.07, 6.45) is 3.74. The van der Waals surface area contributed by atoms with Crippen molar-refractivity contribution in [2.24, 2.45) is 0 Å². The zero-order chi connectivity index (χ0) is 17.6. The van der Waals surface area contributed by atoms with E-state index in [2.05, 4.69) is 10.3 Å². The smallest absolute Gasteiger partial charge is 0.257 e. The van der Waals surface area contributed by atoms with Gasteiger partial charge in [-0.15, -0.1) is 0 Å². The number of aromatic nitrogens is 2. The Morgan fingerprint density at radius 3 is 2.48 bits per heavy atom. The first-order valence-corrected chi connectivity index (χ1v) is 9.17. The summed E-state index contributed by atoms with van der Waals surface area (Å²) in [6.45, 7) is 7.33. The molecule has 3 rings (SSSR count). The summed E-state index contributed by atoms with van der Waals surface area (Å²) in [5.41, 5.74) is 2.56. The Labute approximate surface area is 149 Å². The van der Waals surface area contributed by atoms with Crippen molar-refractivity contribution in [1.29, 1.82) is 0 Å². The van der Waals surface area contributed by atoms with Gasteiger partial charge in [0.05, 0.1) is 11.3 Å². The fourth-order valence-electron chi connectivity index (χ4n) is 3.37. The Bertz CT molecular complexity index is 707. The van der Waals surface area contributed by atoms with Crippen molar-refractivity contribution in [3.63, 3.8) is 0 Å². The minimum absolute atomic E-state index is 0.0399. The number of amides is 1. The fraction of sp³-hybridized carbons (Fsp3) is 0.450. The highest BCUT2D eigenvalue weighted by Gasteiger charge is 2.26. The van der Waals surface area contributed by atoms with Crippen LogP contribution in [-0.4, -0.2) is 47.0 Å². The van der Waals surface area contributed by atoms with E-state index in [-0.39, 0.29) is 5.91 Å². The SMILES string of the molecule is CCN(CC)C(=O)c1cnc(-c2ccccc2)nc1C1CCNCC1. The number of hydrogen-bond donors (Lipinski definition) is 1. The van der Waals surface area contributed by atoms with Crippen LogP contribution in [0.25, 0.3) is 11.4 Å². The molecule has 1 aliphatic rings. The molecule has 1 aromatic carbocycles. The number of nitrogens with zero attached hydrogens (tertiary/aromatic N) is 3. The number of hydrogen-bond acceptors (Lipinski definition) is 4. The molecule has 0 saturated carbocycles. The zero-order valence-corrected chi connectivity index (χ0v) is 15.0.